The summed E-state index contributed by atoms with van der Waals surface area (Å²) in [5, 5.41) is 1.64. The van der Waals surface area contributed by atoms with Crippen molar-refractivity contribution < 1.29 is 8.42 Å². The zero-order chi connectivity index (χ0) is 17.4. The van der Waals surface area contributed by atoms with Gasteiger partial charge in [0.05, 0.1) is 4.90 Å². The largest absolute Gasteiger partial charge is 0.358 e. The van der Waals surface area contributed by atoms with Gasteiger partial charge in [-0.15, -0.1) is 0 Å². The van der Waals surface area contributed by atoms with Crippen LogP contribution in [0.2, 0.25) is 5.02 Å². The lowest BCUT2D eigenvalue weighted by atomic mass is 9.95. The standard InChI is InChI=1S/C19H19ClN2O2S/c20-16-5-3-6-17(13-16)25(23,24)22-10-8-14(9-11-22)19-12-15-4-1-2-7-18(15)21-19/h1-7,12-14,21H,8-11H2. The van der Waals surface area contributed by atoms with Gasteiger partial charge in [-0.3, -0.25) is 0 Å². The highest BCUT2D eigenvalue weighted by atomic mass is 35.5. The van der Waals surface area contributed by atoms with Crippen LogP contribution in [-0.4, -0.2) is 30.8 Å². The van der Waals surface area contributed by atoms with Crippen LogP contribution in [0.25, 0.3) is 10.9 Å². The fourth-order valence-electron chi connectivity index (χ4n) is 3.50. The number of rotatable bonds is 3. The Balaban J connectivity index is 1.51. The fraction of sp³-hybridized carbons (Fsp3) is 0.263. The Hall–Kier alpha value is -1.82. The van der Waals surface area contributed by atoms with E-state index in [0.717, 1.165) is 18.4 Å². The third kappa shape index (κ3) is 3.19. The number of sulfonamides is 1. The molecule has 1 aliphatic heterocycles. The molecule has 0 bridgehead atoms. The molecular formula is C19H19ClN2O2S. The van der Waals surface area contributed by atoms with Crippen molar-refractivity contribution in [3.63, 3.8) is 0 Å². The first kappa shape index (κ1) is 16.6. The minimum absolute atomic E-state index is 0.268. The van der Waals surface area contributed by atoms with Gasteiger partial charge in [-0.1, -0.05) is 35.9 Å². The molecular weight excluding hydrogens is 356 g/mol. The van der Waals surface area contributed by atoms with E-state index in [0.29, 0.717) is 24.0 Å². The Morgan fingerprint density at radius 3 is 2.48 bits per heavy atom. The summed E-state index contributed by atoms with van der Waals surface area (Å²) in [6.45, 7) is 1.05. The lowest BCUT2D eigenvalue weighted by Crippen LogP contribution is -2.37. The molecule has 1 saturated heterocycles. The molecule has 1 aromatic heterocycles. The summed E-state index contributed by atoms with van der Waals surface area (Å²) < 4.78 is 27.1. The fourth-order valence-corrected chi connectivity index (χ4v) is 5.27. The van der Waals surface area contributed by atoms with Crippen LogP contribution in [0.5, 0.6) is 0 Å². The summed E-state index contributed by atoms with van der Waals surface area (Å²) in [7, 11) is -3.48. The van der Waals surface area contributed by atoms with Gasteiger partial charge in [0.1, 0.15) is 0 Å². The molecule has 0 saturated carbocycles. The Bertz CT molecular complexity index is 972. The van der Waals surface area contributed by atoms with Crippen molar-refractivity contribution in [1.82, 2.24) is 9.29 Å². The van der Waals surface area contributed by atoms with Crippen LogP contribution in [0.15, 0.2) is 59.5 Å². The predicted octanol–water partition coefficient (Wildman–Crippen LogP) is 4.39. The van der Waals surface area contributed by atoms with Gasteiger partial charge in [-0.05, 0) is 48.6 Å². The molecule has 25 heavy (non-hydrogen) atoms. The van der Waals surface area contributed by atoms with E-state index < -0.39 is 10.0 Å². The highest BCUT2D eigenvalue weighted by Crippen LogP contribution is 2.32. The number of piperidine rings is 1. The second-order valence-corrected chi connectivity index (χ2v) is 8.82. The molecule has 2 aromatic carbocycles. The molecule has 0 atom stereocenters. The summed E-state index contributed by atoms with van der Waals surface area (Å²) in [4.78, 5) is 3.74. The summed E-state index contributed by atoms with van der Waals surface area (Å²) in [5.41, 5.74) is 2.33. The van der Waals surface area contributed by atoms with Crippen LogP contribution in [0.4, 0.5) is 0 Å². The maximum absolute atomic E-state index is 12.8. The van der Waals surface area contributed by atoms with Crippen molar-refractivity contribution in [1.29, 1.82) is 0 Å². The molecule has 3 aromatic rings. The van der Waals surface area contributed by atoms with Crippen molar-refractivity contribution in [3.8, 4) is 0 Å². The highest BCUT2D eigenvalue weighted by Gasteiger charge is 2.30. The van der Waals surface area contributed by atoms with E-state index in [1.54, 1.807) is 22.5 Å². The predicted molar refractivity (Wildman–Crippen MR) is 100 cm³/mol. The third-order valence-electron chi connectivity index (χ3n) is 4.88. The Morgan fingerprint density at radius 1 is 1.00 bits per heavy atom. The van der Waals surface area contributed by atoms with Gasteiger partial charge in [0.2, 0.25) is 10.0 Å². The lowest BCUT2D eigenvalue weighted by Gasteiger charge is -2.30. The topological polar surface area (TPSA) is 53.2 Å². The minimum Gasteiger partial charge on any atom is -0.358 e. The molecule has 0 radical (unpaired) electrons. The number of fused-ring (bicyclic) bond motifs is 1. The molecule has 4 rings (SSSR count). The number of H-pyrrole nitrogens is 1. The van der Waals surface area contributed by atoms with E-state index >= 15 is 0 Å². The zero-order valence-corrected chi connectivity index (χ0v) is 15.2. The van der Waals surface area contributed by atoms with E-state index in [-0.39, 0.29) is 4.90 Å². The van der Waals surface area contributed by atoms with E-state index in [1.165, 1.54) is 17.1 Å². The number of hydrogen-bond acceptors (Lipinski definition) is 2. The number of para-hydroxylation sites is 1. The Labute approximate surface area is 152 Å². The monoisotopic (exact) mass is 374 g/mol. The van der Waals surface area contributed by atoms with Gasteiger partial charge in [0.15, 0.2) is 0 Å². The quantitative estimate of drug-likeness (QED) is 0.739. The van der Waals surface area contributed by atoms with Gasteiger partial charge in [0.25, 0.3) is 0 Å². The van der Waals surface area contributed by atoms with Gasteiger partial charge in [-0.2, -0.15) is 4.31 Å². The number of aromatic amines is 1. The van der Waals surface area contributed by atoms with Crippen LogP contribution in [0.3, 0.4) is 0 Å². The molecule has 0 spiro atoms. The van der Waals surface area contributed by atoms with Gasteiger partial charge < -0.3 is 4.98 Å². The Morgan fingerprint density at radius 2 is 1.76 bits per heavy atom. The van der Waals surface area contributed by atoms with Crippen molar-refractivity contribution in [2.75, 3.05) is 13.1 Å². The number of nitrogens with zero attached hydrogens (tertiary/aromatic N) is 1. The van der Waals surface area contributed by atoms with E-state index in [1.807, 2.05) is 12.1 Å². The first-order valence-corrected chi connectivity index (χ1v) is 10.2. The normalized spacial score (nSPS) is 17.2. The molecule has 6 heteroatoms. The van der Waals surface area contributed by atoms with E-state index in [4.69, 9.17) is 11.6 Å². The highest BCUT2D eigenvalue weighted by molar-refractivity contribution is 7.89. The van der Waals surface area contributed by atoms with Gasteiger partial charge >= 0.3 is 0 Å². The Kier molecular flexibility index (Phi) is 4.31. The number of aromatic nitrogens is 1. The molecule has 2 heterocycles. The number of hydrogen-bond donors (Lipinski definition) is 1. The molecule has 0 amide bonds. The number of benzene rings is 2. The van der Waals surface area contributed by atoms with Gasteiger partial charge in [-0.25, -0.2) is 8.42 Å². The summed E-state index contributed by atoms with van der Waals surface area (Å²) in [6.07, 6.45) is 1.62. The number of nitrogens with one attached hydrogen (secondary N) is 1. The molecule has 130 valence electrons. The van der Waals surface area contributed by atoms with Crippen molar-refractivity contribution in [3.05, 3.63) is 65.3 Å². The molecule has 0 aliphatic carbocycles. The first-order valence-electron chi connectivity index (χ1n) is 8.37. The molecule has 1 fully saturated rings. The maximum atomic E-state index is 12.8. The summed E-state index contributed by atoms with van der Waals surface area (Å²) in [5.74, 6) is 0.359. The molecule has 1 N–H and O–H groups in total. The second kappa shape index (κ2) is 6.48. The maximum Gasteiger partial charge on any atom is 0.243 e. The van der Waals surface area contributed by atoms with Gasteiger partial charge in [0, 0.05) is 35.2 Å². The average Bonchev–Trinajstić information content (AvgIpc) is 3.06. The molecule has 4 nitrogen and oxygen atoms in total. The third-order valence-corrected chi connectivity index (χ3v) is 7.01. The first-order chi connectivity index (χ1) is 12.0. The van der Waals surface area contributed by atoms with E-state index in [2.05, 4.69) is 23.2 Å². The average molecular weight is 375 g/mol. The molecule has 1 aliphatic rings. The van der Waals surface area contributed by atoms with Crippen LogP contribution in [0, 0.1) is 0 Å². The van der Waals surface area contributed by atoms with Crippen LogP contribution in [0.1, 0.15) is 24.5 Å². The number of halogens is 1. The SMILES string of the molecule is O=S(=O)(c1cccc(Cl)c1)N1CCC(c2cc3ccccc3[nH]2)CC1. The van der Waals surface area contributed by atoms with Crippen molar-refractivity contribution in [2.24, 2.45) is 0 Å². The van der Waals surface area contributed by atoms with Crippen molar-refractivity contribution >= 4 is 32.5 Å². The minimum atomic E-state index is -3.48. The molecule has 0 unspecified atom stereocenters. The zero-order valence-electron chi connectivity index (χ0n) is 13.7. The summed E-state index contributed by atoms with van der Waals surface area (Å²) >= 11 is 5.94. The second-order valence-electron chi connectivity index (χ2n) is 6.45. The van der Waals surface area contributed by atoms with E-state index in [9.17, 15) is 8.42 Å². The smallest absolute Gasteiger partial charge is 0.243 e. The summed E-state index contributed by atoms with van der Waals surface area (Å²) in [6, 6.07) is 16.9. The van der Waals surface area contributed by atoms with Crippen LogP contribution < -0.4 is 0 Å². The van der Waals surface area contributed by atoms with Crippen LogP contribution in [-0.2, 0) is 10.0 Å². The van der Waals surface area contributed by atoms with Crippen molar-refractivity contribution in [2.45, 2.75) is 23.7 Å². The van der Waals surface area contributed by atoms with Crippen LogP contribution >= 0.6 is 11.6 Å². The lowest BCUT2D eigenvalue weighted by molar-refractivity contribution is 0.317.